The summed E-state index contributed by atoms with van der Waals surface area (Å²) in [5.41, 5.74) is 0. The molecule has 0 aromatic carbocycles. The largest absolute Gasteiger partial charge is 0.350 e. The number of rotatable bonds is 5. The lowest BCUT2D eigenvalue weighted by molar-refractivity contribution is 0.210. The average molecular weight is 242 g/mol. The first-order valence-electron chi connectivity index (χ1n) is 4.99. The fourth-order valence-corrected chi connectivity index (χ4v) is 2.96. The highest BCUT2D eigenvalue weighted by atomic mass is 32.2. The van der Waals surface area contributed by atoms with Crippen molar-refractivity contribution in [3.8, 4) is 0 Å². The Bertz CT molecular complexity index is 289. The Hall–Kier alpha value is -0.270. The van der Waals surface area contributed by atoms with Crippen molar-refractivity contribution in [2.24, 2.45) is 0 Å². The number of nitrogens with one attached hydrogen (secondary N) is 1. The van der Waals surface area contributed by atoms with Gasteiger partial charge in [0, 0.05) is 19.1 Å². The summed E-state index contributed by atoms with van der Waals surface area (Å²) >= 11 is 0. The van der Waals surface area contributed by atoms with Gasteiger partial charge in [0.25, 0.3) is 10.0 Å². The topological polar surface area (TPSA) is 49.4 Å². The van der Waals surface area contributed by atoms with Crippen LogP contribution in [-0.4, -0.2) is 44.2 Å². The van der Waals surface area contributed by atoms with Crippen LogP contribution < -0.4 is 5.32 Å². The van der Waals surface area contributed by atoms with Crippen LogP contribution in [0.4, 0.5) is 8.78 Å². The first-order valence-corrected chi connectivity index (χ1v) is 6.50. The number of hydrogen-bond acceptors (Lipinski definition) is 3. The zero-order valence-electron chi connectivity index (χ0n) is 8.62. The van der Waals surface area contributed by atoms with E-state index in [1.807, 2.05) is 0 Å². The molecule has 0 saturated carbocycles. The van der Waals surface area contributed by atoms with Gasteiger partial charge >= 0.3 is 5.76 Å². The van der Waals surface area contributed by atoms with Crippen molar-refractivity contribution >= 4 is 10.0 Å². The Kier molecular flexibility index (Phi) is 4.42. The van der Waals surface area contributed by atoms with Crippen LogP contribution in [-0.2, 0) is 10.0 Å². The van der Waals surface area contributed by atoms with Crippen LogP contribution in [0.2, 0.25) is 0 Å². The summed E-state index contributed by atoms with van der Waals surface area (Å²) < 4.78 is 48.4. The molecule has 1 N–H and O–H groups in total. The van der Waals surface area contributed by atoms with Crippen LogP contribution in [0.3, 0.4) is 0 Å². The molecule has 0 bridgehead atoms. The van der Waals surface area contributed by atoms with Gasteiger partial charge in [-0.15, -0.1) is 0 Å². The Morgan fingerprint density at radius 2 is 2.20 bits per heavy atom. The molecule has 1 aliphatic heterocycles. The molecule has 1 saturated heterocycles. The highest BCUT2D eigenvalue weighted by Crippen LogP contribution is 2.19. The van der Waals surface area contributed by atoms with Crippen LogP contribution >= 0.6 is 0 Å². The van der Waals surface area contributed by atoms with Crippen molar-refractivity contribution in [1.82, 2.24) is 9.62 Å². The maximum Gasteiger partial charge on any atom is 0.350 e. The molecule has 1 rings (SSSR count). The Labute approximate surface area is 88.7 Å². The van der Waals surface area contributed by atoms with E-state index in [2.05, 4.69) is 5.32 Å². The molecule has 4 nitrogen and oxygen atoms in total. The van der Waals surface area contributed by atoms with Crippen molar-refractivity contribution in [2.45, 2.75) is 31.6 Å². The molecule has 0 aromatic rings. The summed E-state index contributed by atoms with van der Waals surface area (Å²) in [6.07, 6.45) is 1.15. The molecule has 1 atom stereocenters. The van der Waals surface area contributed by atoms with E-state index in [4.69, 9.17) is 0 Å². The van der Waals surface area contributed by atoms with E-state index < -0.39 is 15.8 Å². The van der Waals surface area contributed by atoms with Crippen molar-refractivity contribution < 1.29 is 17.2 Å². The second-order valence-corrected chi connectivity index (χ2v) is 5.42. The van der Waals surface area contributed by atoms with Gasteiger partial charge < -0.3 is 5.32 Å². The summed E-state index contributed by atoms with van der Waals surface area (Å²) in [7, 11) is -4.42. The zero-order valence-corrected chi connectivity index (χ0v) is 9.43. The molecular formula is C8H16F2N2O2S. The second-order valence-electron chi connectivity index (χ2n) is 3.56. The van der Waals surface area contributed by atoms with E-state index in [1.54, 1.807) is 6.92 Å². The van der Waals surface area contributed by atoms with Crippen LogP contribution in [0, 0.1) is 0 Å². The molecule has 15 heavy (non-hydrogen) atoms. The van der Waals surface area contributed by atoms with Gasteiger partial charge in [0.2, 0.25) is 0 Å². The predicted molar refractivity (Wildman–Crippen MR) is 53.2 cm³/mol. The van der Waals surface area contributed by atoms with Crippen LogP contribution in [0.15, 0.2) is 0 Å². The van der Waals surface area contributed by atoms with Crippen molar-refractivity contribution in [2.75, 3.05) is 19.6 Å². The van der Waals surface area contributed by atoms with E-state index in [0.717, 1.165) is 4.31 Å². The molecule has 0 aliphatic carbocycles. The first kappa shape index (κ1) is 12.8. The van der Waals surface area contributed by atoms with E-state index in [0.29, 0.717) is 25.9 Å². The number of sulfonamides is 1. The maximum atomic E-state index is 12.4. The molecule has 0 amide bonds. The highest BCUT2D eigenvalue weighted by Gasteiger charge is 2.37. The van der Waals surface area contributed by atoms with Gasteiger partial charge in [-0.2, -0.15) is 13.1 Å². The molecule has 0 spiro atoms. The number of halogens is 2. The minimum atomic E-state index is -4.42. The summed E-state index contributed by atoms with van der Waals surface area (Å²) in [5.74, 6) is -3.32. The Balaban J connectivity index is 2.81. The maximum absolute atomic E-state index is 12.4. The summed E-state index contributed by atoms with van der Waals surface area (Å²) in [5, 5.41) is 2.97. The highest BCUT2D eigenvalue weighted by molar-refractivity contribution is 7.89. The molecule has 7 heteroatoms. The van der Waals surface area contributed by atoms with Crippen LogP contribution in [0.25, 0.3) is 0 Å². The van der Waals surface area contributed by atoms with Crippen molar-refractivity contribution in [3.05, 3.63) is 0 Å². The number of nitrogens with zero attached hydrogens (tertiary/aromatic N) is 1. The minimum absolute atomic E-state index is 0.166. The summed E-state index contributed by atoms with van der Waals surface area (Å²) in [6, 6.07) is -0.316. The normalized spacial score (nSPS) is 22.9. The van der Waals surface area contributed by atoms with Gasteiger partial charge in [0.1, 0.15) is 0 Å². The molecule has 90 valence electrons. The third-order valence-electron chi connectivity index (χ3n) is 2.44. The SMILES string of the molecule is CCCN(C1CCNC1)S(=O)(=O)C(F)F. The van der Waals surface area contributed by atoms with Crippen molar-refractivity contribution in [3.63, 3.8) is 0 Å². The van der Waals surface area contributed by atoms with Gasteiger partial charge in [-0.3, -0.25) is 0 Å². The predicted octanol–water partition coefficient (Wildman–Crippen LogP) is 0.613. The van der Waals surface area contributed by atoms with Gasteiger partial charge in [-0.25, -0.2) is 8.42 Å². The number of alkyl halides is 2. The molecule has 0 aromatic heterocycles. The fourth-order valence-electron chi connectivity index (χ4n) is 1.73. The monoisotopic (exact) mass is 242 g/mol. The smallest absolute Gasteiger partial charge is 0.315 e. The van der Waals surface area contributed by atoms with E-state index >= 15 is 0 Å². The molecule has 1 heterocycles. The molecule has 1 fully saturated rings. The van der Waals surface area contributed by atoms with Crippen LogP contribution in [0.5, 0.6) is 0 Å². The fraction of sp³-hybridized carbons (Fsp3) is 1.00. The standard InChI is InChI=1S/C8H16F2N2O2S/c1-2-5-12(7-3-4-11-6-7)15(13,14)8(9)10/h7-8,11H,2-6H2,1H3. The lowest BCUT2D eigenvalue weighted by Crippen LogP contribution is -2.44. The third-order valence-corrected chi connectivity index (χ3v) is 4.02. The van der Waals surface area contributed by atoms with E-state index in [-0.39, 0.29) is 12.6 Å². The molecule has 0 radical (unpaired) electrons. The first-order chi connectivity index (χ1) is 7.00. The quantitative estimate of drug-likeness (QED) is 0.768. The molecular weight excluding hydrogens is 226 g/mol. The van der Waals surface area contributed by atoms with E-state index in [1.165, 1.54) is 0 Å². The summed E-state index contributed by atoms with van der Waals surface area (Å²) in [4.78, 5) is 0. The van der Waals surface area contributed by atoms with Crippen molar-refractivity contribution in [1.29, 1.82) is 0 Å². The van der Waals surface area contributed by atoms with Crippen LogP contribution in [0.1, 0.15) is 19.8 Å². The van der Waals surface area contributed by atoms with Gasteiger partial charge in [-0.05, 0) is 19.4 Å². The molecule has 1 unspecified atom stereocenters. The lowest BCUT2D eigenvalue weighted by Gasteiger charge is -2.26. The summed E-state index contributed by atoms with van der Waals surface area (Å²) in [6.45, 7) is 3.09. The second kappa shape index (κ2) is 5.18. The minimum Gasteiger partial charge on any atom is -0.315 e. The Morgan fingerprint density at radius 3 is 2.60 bits per heavy atom. The zero-order chi connectivity index (χ0) is 11.5. The number of hydrogen-bond donors (Lipinski definition) is 1. The average Bonchev–Trinajstić information content (AvgIpc) is 2.66. The van der Waals surface area contributed by atoms with Gasteiger partial charge in [0.15, 0.2) is 0 Å². The van der Waals surface area contributed by atoms with Gasteiger partial charge in [-0.1, -0.05) is 6.92 Å². The van der Waals surface area contributed by atoms with E-state index in [9.17, 15) is 17.2 Å². The lowest BCUT2D eigenvalue weighted by atomic mass is 10.2. The van der Waals surface area contributed by atoms with Gasteiger partial charge in [0.05, 0.1) is 0 Å². The third kappa shape index (κ3) is 2.85. The Morgan fingerprint density at radius 1 is 1.53 bits per heavy atom. The molecule has 1 aliphatic rings.